The van der Waals surface area contributed by atoms with E-state index in [1.165, 1.54) is 0 Å². The van der Waals surface area contributed by atoms with Crippen LogP contribution in [0.15, 0.2) is 60.7 Å². The fraction of sp³-hybridized carbons (Fsp3) is 0.250. The lowest BCUT2D eigenvalue weighted by molar-refractivity contribution is -0.134. The van der Waals surface area contributed by atoms with E-state index in [9.17, 15) is 14.4 Å². The van der Waals surface area contributed by atoms with Crippen LogP contribution in [-0.2, 0) is 27.4 Å². The van der Waals surface area contributed by atoms with Crippen molar-refractivity contribution in [1.29, 1.82) is 0 Å². The fourth-order valence-corrected chi connectivity index (χ4v) is 2.64. The maximum absolute atomic E-state index is 12.5. The van der Waals surface area contributed by atoms with Crippen LogP contribution in [0.2, 0.25) is 0 Å². The van der Waals surface area contributed by atoms with Crippen LogP contribution < -0.4 is 16.0 Å². The van der Waals surface area contributed by atoms with Gasteiger partial charge >= 0.3 is 6.09 Å². The summed E-state index contributed by atoms with van der Waals surface area (Å²) < 4.78 is 5.20. The zero-order chi connectivity index (χ0) is 19.1. The van der Waals surface area contributed by atoms with Crippen LogP contribution in [0.5, 0.6) is 0 Å². The molecular weight excluding hydrogens is 346 g/mol. The van der Waals surface area contributed by atoms with Gasteiger partial charge in [-0.2, -0.15) is 0 Å². The SMILES string of the molecule is O=C(N[C@@H](Cc1ccccc1)C(=O)NC1CNC1=O)OCc1ccccc1. The van der Waals surface area contributed by atoms with Crippen molar-refractivity contribution in [2.45, 2.75) is 25.1 Å². The van der Waals surface area contributed by atoms with Gasteiger partial charge in [-0.15, -0.1) is 0 Å². The highest BCUT2D eigenvalue weighted by Crippen LogP contribution is 2.06. The Hall–Kier alpha value is -3.35. The number of alkyl carbamates (subject to hydrolysis) is 1. The standard InChI is InChI=1S/C20H21N3O4/c24-18-17(12-21-18)22-19(25)16(11-14-7-3-1-4-8-14)23-20(26)27-13-15-9-5-2-6-10-15/h1-10,16-17H,11-13H2,(H,21,24)(H,22,25)(H,23,26)/t16-,17?/m0/s1. The molecule has 7 heteroatoms. The minimum Gasteiger partial charge on any atom is -0.445 e. The molecule has 0 radical (unpaired) electrons. The van der Waals surface area contributed by atoms with Gasteiger partial charge in [0.05, 0.1) is 0 Å². The molecule has 2 aromatic carbocycles. The summed E-state index contributed by atoms with van der Waals surface area (Å²) in [5.41, 5.74) is 1.74. The first-order chi connectivity index (χ1) is 13.1. The highest BCUT2D eigenvalue weighted by Gasteiger charge is 2.32. The van der Waals surface area contributed by atoms with Crippen LogP contribution >= 0.6 is 0 Å². The summed E-state index contributed by atoms with van der Waals surface area (Å²) >= 11 is 0. The molecule has 0 spiro atoms. The molecule has 0 aromatic heterocycles. The summed E-state index contributed by atoms with van der Waals surface area (Å²) in [5.74, 6) is -0.649. The Kier molecular flexibility index (Phi) is 6.04. The van der Waals surface area contributed by atoms with Gasteiger partial charge in [0.25, 0.3) is 0 Å². The number of β-lactam (4-membered cyclic amide) rings is 1. The summed E-state index contributed by atoms with van der Waals surface area (Å²) in [6.45, 7) is 0.498. The first-order valence-electron chi connectivity index (χ1n) is 8.71. The van der Waals surface area contributed by atoms with E-state index in [2.05, 4.69) is 16.0 Å². The average Bonchev–Trinajstić information content (AvgIpc) is 2.70. The zero-order valence-electron chi connectivity index (χ0n) is 14.7. The third-order valence-electron chi connectivity index (χ3n) is 4.22. The van der Waals surface area contributed by atoms with Gasteiger partial charge in [0.2, 0.25) is 11.8 Å². The zero-order valence-corrected chi connectivity index (χ0v) is 14.7. The lowest BCUT2D eigenvalue weighted by Crippen LogP contribution is -2.64. The fourth-order valence-electron chi connectivity index (χ4n) is 2.64. The van der Waals surface area contributed by atoms with Crippen molar-refractivity contribution in [1.82, 2.24) is 16.0 Å². The van der Waals surface area contributed by atoms with Gasteiger partial charge in [-0.3, -0.25) is 9.59 Å². The summed E-state index contributed by atoms with van der Waals surface area (Å²) in [5, 5.41) is 7.81. The summed E-state index contributed by atoms with van der Waals surface area (Å²) in [6.07, 6.45) is -0.394. The van der Waals surface area contributed by atoms with Gasteiger partial charge in [-0.25, -0.2) is 4.79 Å². The molecule has 0 aliphatic carbocycles. The third kappa shape index (κ3) is 5.31. The molecule has 3 rings (SSSR count). The van der Waals surface area contributed by atoms with Crippen molar-refractivity contribution in [2.24, 2.45) is 0 Å². The molecule has 2 aromatic rings. The molecule has 1 unspecified atom stereocenters. The van der Waals surface area contributed by atoms with Crippen molar-refractivity contribution >= 4 is 17.9 Å². The molecule has 0 bridgehead atoms. The van der Waals surface area contributed by atoms with Crippen LogP contribution in [0.3, 0.4) is 0 Å². The van der Waals surface area contributed by atoms with E-state index < -0.39 is 24.1 Å². The molecule has 27 heavy (non-hydrogen) atoms. The molecule has 1 fully saturated rings. The van der Waals surface area contributed by atoms with E-state index in [1.807, 2.05) is 60.7 Å². The van der Waals surface area contributed by atoms with Crippen LogP contribution in [0.4, 0.5) is 4.79 Å². The Labute approximate surface area is 157 Å². The van der Waals surface area contributed by atoms with Gasteiger partial charge in [0.1, 0.15) is 18.7 Å². The molecule has 1 heterocycles. The topological polar surface area (TPSA) is 96.5 Å². The maximum Gasteiger partial charge on any atom is 0.408 e. The second-order valence-electron chi connectivity index (χ2n) is 6.25. The number of carbonyl (C=O) groups excluding carboxylic acids is 3. The quantitative estimate of drug-likeness (QED) is 0.640. The molecule has 0 saturated carbocycles. The molecule has 3 N–H and O–H groups in total. The Morgan fingerprint density at radius 1 is 1.04 bits per heavy atom. The first-order valence-corrected chi connectivity index (χ1v) is 8.71. The van der Waals surface area contributed by atoms with E-state index >= 15 is 0 Å². The Bertz CT molecular complexity index is 795. The van der Waals surface area contributed by atoms with E-state index in [-0.39, 0.29) is 12.5 Å². The maximum atomic E-state index is 12.5. The van der Waals surface area contributed by atoms with Gasteiger partial charge in [0, 0.05) is 13.0 Å². The highest BCUT2D eigenvalue weighted by molar-refractivity contribution is 5.94. The highest BCUT2D eigenvalue weighted by atomic mass is 16.5. The average molecular weight is 367 g/mol. The van der Waals surface area contributed by atoms with Gasteiger partial charge in [-0.05, 0) is 11.1 Å². The van der Waals surface area contributed by atoms with Gasteiger partial charge < -0.3 is 20.7 Å². The second kappa shape index (κ2) is 8.84. The van der Waals surface area contributed by atoms with Crippen LogP contribution in [0.1, 0.15) is 11.1 Å². The number of hydrogen-bond acceptors (Lipinski definition) is 4. The molecule has 1 aliphatic rings. The van der Waals surface area contributed by atoms with Gasteiger partial charge in [0.15, 0.2) is 0 Å². The third-order valence-corrected chi connectivity index (χ3v) is 4.22. The van der Waals surface area contributed by atoms with Crippen molar-refractivity contribution in [3.63, 3.8) is 0 Å². The van der Waals surface area contributed by atoms with Crippen molar-refractivity contribution in [2.75, 3.05) is 6.54 Å². The van der Waals surface area contributed by atoms with E-state index in [1.54, 1.807) is 0 Å². The minimum absolute atomic E-state index is 0.109. The predicted molar refractivity (Wildman–Crippen MR) is 98.6 cm³/mol. The molecule has 140 valence electrons. The molecule has 7 nitrogen and oxygen atoms in total. The van der Waals surface area contributed by atoms with E-state index in [0.717, 1.165) is 11.1 Å². The van der Waals surface area contributed by atoms with Crippen LogP contribution in [0.25, 0.3) is 0 Å². The van der Waals surface area contributed by atoms with Crippen LogP contribution in [-0.4, -0.2) is 36.5 Å². The number of benzene rings is 2. The number of hydrogen-bond donors (Lipinski definition) is 3. The molecular formula is C20H21N3O4. The number of rotatable bonds is 7. The normalized spacial score (nSPS) is 16.4. The van der Waals surface area contributed by atoms with Crippen molar-refractivity contribution in [3.8, 4) is 0 Å². The number of ether oxygens (including phenoxy) is 1. The smallest absolute Gasteiger partial charge is 0.408 e. The molecule has 1 saturated heterocycles. The Morgan fingerprint density at radius 3 is 2.22 bits per heavy atom. The molecule has 2 atom stereocenters. The summed E-state index contributed by atoms with van der Waals surface area (Å²) in [4.78, 5) is 36.1. The number of nitrogens with one attached hydrogen (secondary N) is 3. The summed E-state index contributed by atoms with van der Waals surface area (Å²) in [6, 6.07) is 17.2. The van der Waals surface area contributed by atoms with Gasteiger partial charge in [-0.1, -0.05) is 60.7 Å². The Balaban J connectivity index is 1.60. The molecule has 3 amide bonds. The lowest BCUT2D eigenvalue weighted by atomic mass is 10.0. The van der Waals surface area contributed by atoms with Crippen LogP contribution in [0, 0.1) is 0 Å². The number of carbonyl (C=O) groups is 3. The molecule has 1 aliphatic heterocycles. The largest absolute Gasteiger partial charge is 0.445 e. The van der Waals surface area contributed by atoms with E-state index in [0.29, 0.717) is 13.0 Å². The monoisotopic (exact) mass is 367 g/mol. The Morgan fingerprint density at radius 2 is 1.67 bits per heavy atom. The van der Waals surface area contributed by atoms with Crippen molar-refractivity contribution < 1.29 is 19.1 Å². The minimum atomic E-state index is -0.843. The first kappa shape index (κ1) is 18.4. The number of amides is 3. The van der Waals surface area contributed by atoms with E-state index in [4.69, 9.17) is 4.74 Å². The predicted octanol–water partition coefficient (Wildman–Crippen LogP) is 1.14. The van der Waals surface area contributed by atoms with Crippen molar-refractivity contribution in [3.05, 3.63) is 71.8 Å². The second-order valence-corrected chi connectivity index (χ2v) is 6.25. The lowest BCUT2D eigenvalue weighted by Gasteiger charge is -2.28. The summed E-state index contributed by atoms with van der Waals surface area (Å²) in [7, 11) is 0.